The minimum Gasteiger partial charge on any atom is -0.436 e. The van der Waals surface area contributed by atoms with E-state index in [0.29, 0.717) is 5.89 Å². The molecule has 0 atom stereocenters. The average Bonchev–Trinajstić information content (AvgIpc) is 3.60. The number of nitrogens with zero attached hydrogens (tertiary/aromatic N) is 2. The van der Waals surface area contributed by atoms with Crippen molar-refractivity contribution in [1.82, 2.24) is 4.98 Å². The van der Waals surface area contributed by atoms with Gasteiger partial charge in [-0.2, -0.15) is 0 Å². The average molecular weight is 519 g/mol. The zero-order valence-corrected chi connectivity index (χ0v) is 21.7. The highest BCUT2D eigenvalue weighted by atomic mass is 32.1. The number of para-hydroxylation sites is 1. The van der Waals surface area contributed by atoms with Crippen LogP contribution in [0.3, 0.4) is 0 Å². The molecule has 3 nitrogen and oxygen atoms in total. The van der Waals surface area contributed by atoms with Gasteiger partial charge in [0.25, 0.3) is 0 Å². The highest BCUT2D eigenvalue weighted by Gasteiger charge is 2.19. The first-order chi connectivity index (χ1) is 19.3. The molecule has 2 aromatic heterocycles. The molecule has 39 heavy (non-hydrogen) atoms. The monoisotopic (exact) mass is 518 g/mol. The van der Waals surface area contributed by atoms with Gasteiger partial charge in [-0.15, -0.1) is 11.3 Å². The predicted octanol–water partition coefficient (Wildman–Crippen LogP) is 10.5. The van der Waals surface area contributed by atoms with E-state index in [0.717, 1.165) is 44.5 Å². The SMILES string of the molecule is c1ccc(-c2nc3c(ccc4c(N(c5ccccc5)c5ccc6c(c5)sc5ccccc56)cccc43)o2)cc1. The van der Waals surface area contributed by atoms with Crippen LogP contribution in [0.4, 0.5) is 17.1 Å². The van der Waals surface area contributed by atoms with Crippen LogP contribution in [0.25, 0.3) is 53.5 Å². The first-order valence-corrected chi connectivity index (χ1v) is 13.8. The molecule has 0 N–H and O–H groups in total. The van der Waals surface area contributed by atoms with E-state index in [2.05, 4.69) is 102 Å². The summed E-state index contributed by atoms with van der Waals surface area (Å²) in [6.07, 6.45) is 0. The fourth-order valence-electron chi connectivity index (χ4n) is 5.49. The third-order valence-corrected chi connectivity index (χ3v) is 8.42. The highest BCUT2D eigenvalue weighted by Crippen LogP contribution is 2.43. The zero-order chi connectivity index (χ0) is 25.8. The Morgan fingerprint density at radius 3 is 2.13 bits per heavy atom. The van der Waals surface area contributed by atoms with E-state index in [4.69, 9.17) is 9.40 Å². The van der Waals surface area contributed by atoms with E-state index >= 15 is 0 Å². The Bertz CT molecular complexity index is 2130. The number of fused-ring (bicyclic) bond motifs is 6. The van der Waals surface area contributed by atoms with Crippen molar-refractivity contribution in [2.24, 2.45) is 0 Å². The Kier molecular flexibility index (Phi) is 5.00. The summed E-state index contributed by atoms with van der Waals surface area (Å²) in [5.74, 6) is 0.638. The molecule has 4 heteroatoms. The first-order valence-electron chi connectivity index (χ1n) is 13.0. The maximum atomic E-state index is 6.19. The molecule has 6 aromatic carbocycles. The van der Waals surface area contributed by atoms with Crippen molar-refractivity contribution in [1.29, 1.82) is 0 Å². The van der Waals surface area contributed by atoms with Crippen molar-refractivity contribution in [3.8, 4) is 11.5 Å². The second-order valence-corrected chi connectivity index (χ2v) is 10.7. The Balaban J connectivity index is 1.35. The summed E-state index contributed by atoms with van der Waals surface area (Å²) >= 11 is 1.84. The highest BCUT2D eigenvalue weighted by molar-refractivity contribution is 7.25. The lowest BCUT2D eigenvalue weighted by Crippen LogP contribution is -2.10. The van der Waals surface area contributed by atoms with Crippen molar-refractivity contribution < 1.29 is 4.42 Å². The van der Waals surface area contributed by atoms with Gasteiger partial charge in [-0.25, -0.2) is 4.98 Å². The summed E-state index contributed by atoms with van der Waals surface area (Å²) in [5.41, 5.74) is 5.97. The maximum absolute atomic E-state index is 6.19. The summed E-state index contributed by atoms with van der Waals surface area (Å²) in [4.78, 5) is 7.28. The number of thiophene rings is 1. The summed E-state index contributed by atoms with van der Waals surface area (Å²) in [5, 5.41) is 4.80. The molecule has 0 saturated carbocycles. The lowest BCUT2D eigenvalue weighted by molar-refractivity contribution is 0.620. The van der Waals surface area contributed by atoms with Crippen molar-refractivity contribution >= 4 is 70.4 Å². The molecule has 0 unspecified atom stereocenters. The molecule has 2 heterocycles. The van der Waals surface area contributed by atoms with E-state index in [1.54, 1.807) is 0 Å². The molecule has 0 fully saturated rings. The topological polar surface area (TPSA) is 29.3 Å². The van der Waals surface area contributed by atoms with Crippen molar-refractivity contribution in [3.05, 3.63) is 133 Å². The third kappa shape index (κ3) is 3.61. The van der Waals surface area contributed by atoms with E-state index in [1.807, 2.05) is 47.7 Å². The van der Waals surface area contributed by atoms with Crippen molar-refractivity contribution in [2.45, 2.75) is 0 Å². The largest absolute Gasteiger partial charge is 0.436 e. The molecule has 184 valence electrons. The van der Waals surface area contributed by atoms with Crippen LogP contribution in [0.1, 0.15) is 0 Å². The van der Waals surface area contributed by atoms with Gasteiger partial charge in [0.2, 0.25) is 5.89 Å². The molecule has 0 aliphatic heterocycles. The number of aromatic nitrogens is 1. The van der Waals surface area contributed by atoms with Gasteiger partial charge in [-0.05, 0) is 60.7 Å². The normalized spacial score (nSPS) is 11.6. The second-order valence-electron chi connectivity index (χ2n) is 9.62. The van der Waals surface area contributed by atoms with Crippen LogP contribution >= 0.6 is 11.3 Å². The minimum atomic E-state index is 0.638. The van der Waals surface area contributed by atoms with Gasteiger partial charge >= 0.3 is 0 Å². The van der Waals surface area contributed by atoms with Crippen LogP contribution < -0.4 is 4.90 Å². The maximum Gasteiger partial charge on any atom is 0.227 e. The minimum absolute atomic E-state index is 0.638. The third-order valence-electron chi connectivity index (χ3n) is 7.29. The number of hydrogen-bond acceptors (Lipinski definition) is 4. The number of hydrogen-bond donors (Lipinski definition) is 0. The van der Waals surface area contributed by atoms with Gasteiger partial charge < -0.3 is 9.32 Å². The molecule has 0 aliphatic carbocycles. The van der Waals surface area contributed by atoms with Crippen molar-refractivity contribution in [3.63, 3.8) is 0 Å². The Hall–Kier alpha value is -4.93. The van der Waals surface area contributed by atoms with E-state index in [1.165, 1.54) is 20.2 Å². The molecule has 0 saturated heterocycles. The van der Waals surface area contributed by atoms with Gasteiger partial charge in [0.05, 0.1) is 5.69 Å². The Morgan fingerprint density at radius 2 is 1.26 bits per heavy atom. The van der Waals surface area contributed by atoms with Crippen LogP contribution in [0.2, 0.25) is 0 Å². The lowest BCUT2D eigenvalue weighted by Gasteiger charge is -2.27. The molecule has 0 spiro atoms. The molecular formula is C35H22N2OS. The summed E-state index contributed by atoms with van der Waals surface area (Å²) in [7, 11) is 0. The Morgan fingerprint density at radius 1 is 0.538 bits per heavy atom. The lowest BCUT2D eigenvalue weighted by atomic mass is 10.0. The smallest absolute Gasteiger partial charge is 0.227 e. The van der Waals surface area contributed by atoms with E-state index < -0.39 is 0 Å². The molecule has 8 rings (SSSR count). The second kappa shape index (κ2) is 8.83. The van der Waals surface area contributed by atoms with Crippen LogP contribution in [-0.4, -0.2) is 4.98 Å². The molecular weight excluding hydrogens is 496 g/mol. The fraction of sp³-hybridized carbons (Fsp3) is 0. The van der Waals surface area contributed by atoms with Crippen molar-refractivity contribution in [2.75, 3.05) is 4.90 Å². The summed E-state index contributed by atoms with van der Waals surface area (Å²) < 4.78 is 8.77. The van der Waals surface area contributed by atoms with Crippen LogP contribution in [0.15, 0.2) is 138 Å². The first kappa shape index (κ1) is 22.1. The fourth-order valence-corrected chi connectivity index (χ4v) is 6.63. The van der Waals surface area contributed by atoms with E-state index in [9.17, 15) is 0 Å². The summed E-state index contributed by atoms with van der Waals surface area (Å²) in [6.45, 7) is 0. The van der Waals surface area contributed by atoms with Gasteiger partial charge in [0, 0.05) is 47.9 Å². The van der Waals surface area contributed by atoms with Crippen LogP contribution in [0.5, 0.6) is 0 Å². The van der Waals surface area contributed by atoms with Crippen LogP contribution in [-0.2, 0) is 0 Å². The zero-order valence-electron chi connectivity index (χ0n) is 20.9. The van der Waals surface area contributed by atoms with Gasteiger partial charge in [0.15, 0.2) is 5.58 Å². The van der Waals surface area contributed by atoms with Crippen LogP contribution in [0, 0.1) is 0 Å². The predicted molar refractivity (Wildman–Crippen MR) is 165 cm³/mol. The number of anilines is 3. The van der Waals surface area contributed by atoms with Gasteiger partial charge in [-0.1, -0.05) is 72.8 Å². The number of oxazole rings is 1. The molecule has 0 bridgehead atoms. The standard InChI is InChI=1S/C35H22N2OS/c1-3-10-23(11-4-1)35-36-34-29-15-9-16-30(26(29)20-21-31(34)38-35)37(24-12-5-2-6-13-24)25-18-19-28-27-14-7-8-17-32(27)39-33(28)22-25/h1-22H. The van der Waals surface area contributed by atoms with Gasteiger partial charge in [-0.3, -0.25) is 0 Å². The number of benzene rings is 6. The molecule has 0 amide bonds. The Labute approximate surface area is 229 Å². The summed E-state index contributed by atoms with van der Waals surface area (Å²) in [6, 6.07) is 46.7. The van der Waals surface area contributed by atoms with E-state index in [-0.39, 0.29) is 0 Å². The molecule has 8 aromatic rings. The van der Waals surface area contributed by atoms with Gasteiger partial charge in [0.1, 0.15) is 5.52 Å². The molecule has 0 radical (unpaired) electrons. The molecule has 0 aliphatic rings. The number of rotatable bonds is 4. The quantitative estimate of drug-likeness (QED) is 0.232.